The number of anilines is 1. The number of nitrogens with one attached hydrogen (secondary N) is 1. The third-order valence-electron chi connectivity index (χ3n) is 4.15. The van der Waals surface area contributed by atoms with E-state index in [4.69, 9.17) is 0 Å². The fraction of sp³-hybridized carbons (Fsp3) is 0.200. The maximum atomic E-state index is 13.2. The Kier molecular flexibility index (Phi) is 5.10. The fourth-order valence-corrected chi connectivity index (χ4v) is 2.95. The van der Waals surface area contributed by atoms with Crippen molar-refractivity contribution >= 4 is 11.6 Å². The Morgan fingerprint density at radius 1 is 1.28 bits per heavy atom. The predicted octanol–water partition coefficient (Wildman–Crippen LogP) is 3.30. The number of nitriles is 1. The number of fused-ring (bicyclic) bond motifs is 1. The molecule has 25 heavy (non-hydrogen) atoms. The van der Waals surface area contributed by atoms with Gasteiger partial charge in [0.2, 0.25) is 0 Å². The van der Waals surface area contributed by atoms with Gasteiger partial charge in [-0.3, -0.25) is 4.79 Å². The van der Waals surface area contributed by atoms with Crippen LogP contribution in [0.4, 0.5) is 10.1 Å². The Balaban J connectivity index is 1.73. The number of amides is 1. The van der Waals surface area contributed by atoms with Gasteiger partial charge in [-0.05, 0) is 42.2 Å². The number of hydrogen-bond acceptors (Lipinski definition) is 3. The molecule has 0 spiro atoms. The molecule has 0 radical (unpaired) electrons. The van der Waals surface area contributed by atoms with Crippen LogP contribution in [0.25, 0.3) is 0 Å². The monoisotopic (exact) mass is 335 g/mol. The molecule has 0 saturated heterocycles. The Morgan fingerprint density at radius 3 is 2.92 bits per heavy atom. The number of carbonyl (C=O) groups is 1. The van der Waals surface area contributed by atoms with E-state index in [1.54, 1.807) is 17.0 Å². The number of para-hydroxylation sites is 1. The molecule has 2 aromatic carbocycles. The van der Waals surface area contributed by atoms with E-state index in [0.29, 0.717) is 13.1 Å². The van der Waals surface area contributed by atoms with Crippen molar-refractivity contribution in [3.8, 4) is 6.07 Å². The predicted molar refractivity (Wildman–Crippen MR) is 94.1 cm³/mol. The van der Waals surface area contributed by atoms with Gasteiger partial charge in [0, 0.05) is 25.0 Å². The van der Waals surface area contributed by atoms with Crippen LogP contribution in [0.3, 0.4) is 0 Å². The molecule has 126 valence electrons. The van der Waals surface area contributed by atoms with E-state index < -0.39 is 0 Å². The lowest BCUT2D eigenvalue weighted by molar-refractivity contribution is -0.114. The van der Waals surface area contributed by atoms with Crippen LogP contribution in [-0.2, 0) is 17.8 Å². The van der Waals surface area contributed by atoms with Gasteiger partial charge in [-0.2, -0.15) is 5.26 Å². The molecule has 0 atom stereocenters. The number of hydrogen-bond donors (Lipinski definition) is 1. The maximum Gasteiger partial charge on any atom is 0.270 e. The van der Waals surface area contributed by atoms with Crippen LogP contribution >= 0.6 is 0 Å². The molecule has 1 aliphatic heterocycles. The number of nitrogens with zero attached hydrogens (tertiary/aromatic N) is 2. The van der Waals surface area contributed by atoms with Crippen molar-refractivity contribution in [2.45, 2.75) is 19.4 Å². The molecule has 0 saturated carbocycles. The second-order valence-electron chi connectivity index (χ2n) is 5.87. The summed E-state index contributed by atoms with van der Waals surface area (Å²) in [7, 11) is 0. The van der Waals surface area contributed by atoms with Crippen molar-refractivity contribution in [3.63, 3.8) is 0 Å². The molecule has 3 rings (SSSR count). The number of rotatable bonds is 4. The SMILES string of the molecule is N#C/C(=C/NCc1cccc(F)c1)C(=O)N1CCCc2ccccc21. The summed E-state index contributed by atoms with van der Waals surface area (Å²) in [4.78, 5) is 14.4. The second-order valence-corrected chi connectivity index (χ2v) is 5.87. The number of halogens is 1. The van der Waals surface area contributed by atoms with Gasteiger partial charge in [-0.15, -0.1) is 0 Å². The van der Waals surface area contributed by atoms with E-state index in [2.05, 4.69) is 5.32 Å². The highest BCUT2D eigenvalue weighted by Crippen LogP contribution is 2.27. The third kappa shape index (κ3) is 3.86. The Bertz CT molecular complexity index is 854. The summed E-state index contributed by atoms with van der Waals surface area (Å²) in [5.41, 5.74) is 2.76. The molecule has 0 fully saturated rings. The van der Waals surface area contributed by atoms with Crippen LogP contribution in [0.15, 0.2) is 60.3 Å². The highest BCUT2D eigenvalue weighted by molar-refractivity contribution is 6.08. The van der Waals surface area contributed by atoms with Crippen molar-refractivity contribution < 1.29 is 9.18 Å². The zero-order valence-electron chi connectivity index (χ0n) is 13.7. The maximum absolute atomic E-state index is 13.2. The lowest BCUT2D eigenvalue weighted by atomic mass is 10.0. The van der Waals surface area contributed by atoms with Crippen molar-refractivity contribution in [1.82, 2.24) is 5.32 Å². The molecule has 1 amide bonds. The molecule has 1 aliphatic rings. The highest BCUT2D eigenvalue weighted by atomic mass is 19.1. The lowest BCUT2D eigenvalue weighted by Gasteiger charge is -2.29. The number of carbonyl (C=O) groups excluding carboxylic acids is 1. The van der Waals surface area contributed by atoms with Crippen LogP contribution < -0.4 is 10.2 Å². The first kappa shape index (κ1) is 16.7. The first-order chi connectivity index (χ1) is 12.2. The Morgan fingerprint density at radius 2 is 2.12 bits per heavy atom. The number of aryl methyl sites for hydroxylation is 1. The zero-order chi connectivity index (χ0) is 17.6. The lowest BCUT2D eigenvalue weighted by Crippen LogP contribution is -2.36. The van der Waals surface area contributed by atoms with Crippen LogP contribution in [-0.4, -0.2) is 12.5 Å². The molecule has 5 heteroatoms. The van der Waals surface area contributed by atoms with E-state index in [1.807, 2.05) is 30.3 Å². The Labute approximate surface area is 146 Å². The van der Waals surface area contributed by atoms with Gasteiger partial charge in [0.15, 0.2) is 0 Å². The summed E-state index contributed by atoms with van der Waals surface area (Å²) in [6.45, 7) is 0.936. The molecule has 4 nitrogen and oxygen atoms in total. The van der Waals surface area contributed by atoms with Gasteiger partial charge in [-0.1, -0.05) is 30.3 Å². The first-order valence-electron chi connectivity index (χ1n) is 8.17. The van der Waals surface area contributed by atoms with Crippen molar-refractivity contribution in [3.05, 3.63) is 77.2 Å². The smallest absolute Gasteiger partial charge is 0.270 e. The summed E-state index contributed by atoms with van der Waals surface area (Å²) in [5.74, 6) is -0.633. The largest absolute Gasteiger partial charge is 0.386 e. The summed E-state index contributed by atoms with van der Waals surface area (Å²) >= 11 is 0. The molecule has 1 N–H and O–H groups in total. The van der Waals surface area contributed by atoms with Crippen LogP contribution in [0.5, 0.6) is 0 Å². The van der Waals surface area contributed by atoms with Gasteiger partial charge < -0.3 is 10.2 Å². The molecule has 0 aromatic heterocycles. The third-order valence-corrected chi connectivity index (χ3v) is 4.15. The van der Waals surface area contributed by atoms with Crippen LogP contribution in [0.1, 0.15) is 17.5 Å². The zero-order valence-corrected chi connectivity index (χ0v) is 13.7. The first-order valence-corrected chi connectivity index (χ1v) is 8.17. The Hall–Kier alpha value is -3.13. The average molecular weight is 335 g/mol. The van der Waals surface area contributed by atoms with Gasteiger partial charge in [0.05, 0.1) is 0 Å². The van der Waals surface area contributed by atoms with Gasteiger partial charge in [0.25, 0.3) is 5.91 Å². The minimum atomic E-state index is -0.318. The summed E-state index contributed by atoms with van der Waals surface area (Å²) in [5, 5.41) is 12.3. The molecular formula is C20H18FN3O. The molecule has 0 unspecified atom stereocenters. The summed E-state index contributed by atoms with van der Waals surface area (Å²) in [6.07, 6.45) is 3.21. The standard InChI is InChI=1S/C20H18FN3O/c21-18-8-3-5-15(11-18)13-23-14-17(12-22)20(25)24-10-4-7-16-6-1-2-9-19(16)24/h1-3,5-6,8-9,11,14,23H,4,7,10,13H2/b17-14-. The quantitative estimate of drug-likeness (QED) is 0.689. The molecule has 0 aliphatic carbocycles. The molecule has 0 bridgehead atoms. The van der Waals surface area contributed by atoms with E-state index >= 15 is 0 Å². The van der Waals surface area contributed by atoms with E-state index in [1.165, 1.54) is 18.3 Å². The highest BCUT2D eigenvalue weighted by Gasteiger charge is 2.24. The van der Waals surface area contributed by atoms with E-state index in [0.717, 1.165) is 29.7 Å². The molecule has 1 heterocycles. The van der Waals surface area contributed by atoms with E-state index in [9.17, 15) is 14.4 Å². The summed E-state index contributed by atoms with van der Waals surface area (Å²) in [6, 6.07) is 15.9. The minimum absolute atomic E-state index is 0.0353. The normalized spacial score (nSPS) is 13.8. The van der Waals surface area contributed by atoms with Crippen molar-refractivity contribution in [2.75, 3.05) is 11.4 Å². The summed E-state index contributed by atoms with van der Waals surface area (Å²) < 4.78 is 13.2. The van der Waals surface area contributed by atoms with Gasteiger partial charge in [-0.25, -0.2) is 4.39 Å². The minimum Gasteiger partial charge on any atom is -0.386 e. The fourth-order valence-electron chi connectivity index (χ4n) is 2.95. The second kappa shape index (κ2) is 7.63. The van der Waals surface area contributed by atoms with E-state index in [-0.39, 0.29) is 17.3 Å². The van der Waals surface area contributed by atoms with Gasteiger partial charge >= 0.3 is 0 Å². The molecular weight excluding hydrogens is 317 g/mol. The van der Waals surface area contributed by atoms with Crippen molar-refractivity contribution in [1.29, 1.82) is 5.26 Å². The van der Waals surface area contributed by atoms with Crippen molar-refractivity contribution in [2.24, 2.45) is 0 Å². The molecule has 2 aromatic rings. The van der Waals surface area contributed by atoms with Crippen LogP contribution in [0.2, 0.25) is 0 Å². The van der Waals surface area contributed by atoms with Crippen LogP contribution in [0, 0.1) is 17.1 Å². The average Bonchev–Trinajstić information content (AvgIpc) is 2.64. The van der Waals surface area contributed by atoms with Gasteiger partial charge in [0.1, 0.15) is 17.5 Å². The number of benzene rings is 2. The topological polar surface area (TPSA) is 56.1 Å².